The molecule has 1 aliphatic rings. The second-order valence-electron chi connectivity index (χ2n) is 8.49. The van der Waals surface area contributed by atoms with Crippen molar-refractivity contribution < 1.29 is 0 Å². The highest BCUT2D eigenvalue weighted by atomic mass is 127. The molecule has 0 aliphatic carbocycles. The van der Waals surface area contributed by atoms with Gasteiger partial charge in [0.2, 0.25) is 0 Å². The third-order valence-corrected chi connectivity index (χ3v) is 5.77. The molecule has 0 bridgehead atoms. The van der Waals surface area contributed by atoms with E-state index < -0.39 is 0 Å². The van der Waals surface area contributed by atoms with Gasteiger partial charge in [-0.15, -0.1) is 24.0 Å². The molecular formula is C23H38IN7. The van der Waals surface area contributed by atoms with Crippen molar-refractivity contribution in [3.63, 3.8) is 0 Å². The molecule has 0 amide bonds. The molecule has 1 fully saturated rings. The molecule has 0 spiro atoms. The van der Waals surface area contributed by atoms with Crippen molar-refractivity contribution in [3.05, 3.63) is 53.9 Å². The number of guanidine groups is 1. The van der Waals surface area contributed by atoms with Crippen LogP contribution in [0.1, 0.15) is 37.4 Å². The summed E-state index contributed by atoms with van der Waals surface area (Å²) in [4.78, 5) is 9.66. The van der Waals surface area contributed by atoms with Gasteiger partial charge in [0.15, 0.2) is 5.96 Å². The number of aliphatic imine (C=N–C) groups is 1. The minimum absolute atomic E-state index is 0. The Labute approximate surface area is 204 Å². The van der Waals surface area contributed by atoms with Crippen molar-refractivity contribution in [2.45, 2.75) is 44.9 Å². The standard InChI is InChI=1S/C23H37N7.HI/c1-6-24-23(25-14-22(28(3)4)20-13-26-29(5)16-20)27-21-12-18(2)30(17-21)15-19-10-8-7-9-11-19;/h7-11,13,16,18,21-22H,6,12,14-15,17H2,1-5H3,(H2,24,25,27);1H. The van der Waals surface area contributed by atoms with Crippen LogP contribution in [-0.2, 0) is 13.6 Å². The highest BCUT2D eigenvalue weighted by Crippen LogP contribution is 2.21. The van der Waals surface area contributed by atoms with Crippen LogP contribution in [-0.4, -0.2) is 71.4 Å². The Morgan fingerprint density at radius 3 is 2.65 bits per heavy atom. The Balaban J connectivity index is 0.00000341. The van der Waals surface area contributed by atoms with Crippen molar-refractivity contribution >= 4 is 29.9 Å². The molecule has 7 nitrogen and oxygen atoms in total. The monoisotopic (exact) mass is 539 g/mol. The predicted octanol–water partition coefficient (Wildman–Crippen LogP) is 2.86. The average Bonchev–Trinajstić information content (AvgIpc) is 3.28. The first-order chi connectivity index (χ1) is 14.5. The normalized spacial score (nSPS) is 20.5. The lowest BCUT2D eigenvalue weighted by Crippen LogP contribution is -2.45. The van der Waals surface area contributed by atoms with Gasteiger partial charge in [-0.25, -0.2) is 0 Å². The van der Waals surface area contributed by atoms with Gasteiger partial charge in [-0.05, 0) is 39.9 Å². The summed E-state index contributed by atoms with van der Waals surface area (Å²) < 4.78 is 1.85. The molecule has 31 heavy (non-hydrogen) atoms. The van der Waals surface area contributed by atoms with Crippen LogP contribution in [0, 0.1) is 0 Å². The van der Waals surface area contributed by atoms with Crippen molar-refractivity contribution in [1.29, 1.82) is 0 Å². The van der Waals surface area contributed by atoms with Gasteiger partial charge in [0.1, 0.15) is 0 Å². The summed E-state index contributed by atoms with van der Waals surface area (Å²) in [7, 11) is 6.13. The first-order valence-electron chi connectivity index (χ1n) is 10.9. The number of likely N-dealkylation sites (tertiary alicyclic amines) is 1. The molecule has 0 saturated carbocycles. The van der Waals surface area contributed by atoms with Gasteiger partial charge in [0, 0.05) is 50.5 Å². The first kappa shape index (κ1) is 25.6. The van der Waals surface area contributed by atoms with E-state index >= 15 is 0 Å². The number of hydrogen-bond acceptors (Lipinski definition) is 4. The summed E-state index contributed by atoms with van der Waals surface area (Å²) >= 11 is 0. The number of hydrogen-bond donors (Lipinski definition) is 2. The zero-order valence-corrected chi connectivity index (χ0v) is 21.8. The largest absolute Gasteiger partial charge is 0.357 e. The zero-order valence-electron chi connectivity index (χ0n) is 19.5. The summed E-state index contributed by atoms with van der Waals surface area (Å²) in [5.74, 6) is 0.895. The molecule has 8 heteroatoms. The highest BCUT2D eigenvalue weighted by molar-refractivity contribution is 14.0. The molecule has 2 aromatic rings. The third kappa shape index (κ3) is 7.47. The molecule has 172 valence electrons. The fourth-order valence-electron chi connectivity index (χ4n) is 4.11. The number of benzene rings is 1. The number of nitrogens with zero attached hydrogens (tertiary/aromatic N) is 5. The second kappa shape index (κ2) is 12.4. The molecule has 1 aromatic heterocycles. The molecule has 1 aliphatic heterocycles. The van der Waals surface area contributed by atoms with Gasteiger partial charge < -0.3 is 15.5 Å². The SMILES string of the molecule is CCNC(=NCC(c1cnn(C)c1)N(C)C)NC1CC(C)N(Cc2ccccc2)C1.I. The van der Waals surface area contributed by atoms with Crippen LogP contribution in [0.3, 0.4) is 0 Å². The fraction of sp³-hybridized carbons (Fsp3) is 0.565. The lowest BCUT2D eigenvalue weighted by molar-refractivity contribution is 0.258. The van der Waals surface area contributed by atoms with Gasteiger partial charge in [-0.3, -0.25) is 14.6 Å². The average molecular weight is 540 g/mol. The van der Waals surface area contributed by atoms with Crippen molar-refractivity contribution in [2.75, 3.05) is 33.7 Å². The van der Waals surface area contributed by atoms with E-state index in [2.05, 4.69) is 90.0 Å². The van der Waals surface area contributed by atoms with Gasteiger partial charge in [-0.1, -0.05) is 30.3 Å². The van der Waals surface area contributed by atoms with Crippen LogP contribution in [0.5, 0.6) is 0 Å². The zero-order chi connectivity index (χ0) is 21.5. The molecule has 2 N–H and O–H groups in total. The Morgan fingerprint density at radius 1 is 1.29 bits per heavy atom. The maximum absolute atomic E-state index is 4.92. The van der Waals surface area contributed by atoms with Crippen LogP contribution >= 0.6 is 24.0 Å². The Hall–Kier alpha value is -1.65. The molecule has 3 unspecified atom stereocenters. The molecule has 0 radical (unpaired) electrons. The van der Waals surface area contributed by atoms with Crippen LogP contribution in [0.25, 0.3) is 0 Å². The molecule has 1 aromatic carbocycles. The predicted molar refractivity (Wildman–Crippen MR) is 139 cm³/mol. The summed E-state index contributed by atoms with van der Waals surface area (Å²) in [5, 5.41) is 11.4. The van der Waals surface area contributed by atoms with E-state index in [1.54, 1.807) is 0 Å². The Bertz CT molecular complexity index is 805. The minimum Gasteiger partial charge on any atom is -0.357 e. The second-order valence-corrected chi connectivity index (χ2v) is 8.49. The number of likely N-dealkylation sites (N-methyl/N-ethyl adjacent to an activating group) is 1. The molecule has 2 heterocycles. The molecule has 3 rings (SSSR count). The summed E-state index contributed by atoms with van der Waals surface area (Å²) in [6.45, 7) is 7.99. The summed E-state index contributed by atoms with van der Waals surface area (Å²) in [6, 6.07) is 11.9. The lowest BCUT2D eigenvalue weighted by Gasteiger charge is -2.23. The maximum Gasteiger partial charge on any atom is 0.191 e. The van der Waals surface area contributed by atoms with Crippen molar-refractivity contribution in [1.82, 2.24) is 30.2 Å². The van der Waals surface area contributed by atoms with E-state index in [-0.39, 0.29) is 30.0 Å². The first-order valence-corrected chi connectivity index (χ1v) is 10.9. The van der Waals surface area contributed by atoms with E-state index in [4.69, 9.17) is 4.99 Å². The van der Waals surface area contributed by atoms with Gasteiger partial charge >= 0.3 is 0 Å². The van der Waals surface area contributed by atoms with E-state index in [9.17, 15) is 0 Å². The number of aryl methyl sites for hydroxylation is 1. The topological polar surface area (TPSA) is 60.7 Å². The third-order valence-electron chi connectivity index (χ3n) is 5.77. The van der Waals surface area contributed by atoms with Gasteiger partial charge in [0.25, 0.3) is 0 Å². The van der Waals surface area contributed by atoms with Crippen LogP contribution in [0.4, 0.5) is 0 Å². The van der Waals surface area contributed by atoms with Crippen molar-refractivity contribution in [3.8, 4) is 0 Å². The van der Waals surface area contributed by atoms with Crippen LogP contribution < -0.4 is 10.6 Å². The van der Waals surface area contributed by atoms with E-state index in [1.807, 2.05) is 17.9 Å². The van der Waals surface area contributed by atoms with Crippen LogP contribution in [0.15, 0.2) is 47.7 Å². The van der Waals surface area contributed by atoms with Gasteiger partial charge in [0.05, 0.1) is 18.8 Å². The number of halogens is 1. The molecule has 3 atom stereocenters. The summed E-state index contributed by atoms with van der Waals surface area (Å²) in [5.41, 5.74) is 2.56. The van der Waals surface area contributed by atoms with E-state index in [0.29, 0.717) is 18.6 Å². The smallest absolute Gasteiger partial charge is 0.191 e. The Kier molecular flexibility index (Phi) is 10.2. The number of rotatable bonds is 8. The van der Waals surface area contributed by atoms with Gasteiger partial charge in [-0.2, -0.15) is 5.10 Å². The fourth-order valence-corrected chi connectivity index (χ4v) is 4.11. The van der Waals surface area contributed by atoms with E-state index in [1.165, 1.54) is 11.1 Å². The molecule has 1 saturated heterocycles. The molecular weight excluding hydrogens is 501 g/mol. The maximum atomic E-state index is 4.92. The lowest BCUT2D eigenvalue weighted by atomic mass is 10.1. The Morgan fingerprint density at radius 2 is 2.03 bits per heavy atom. The van der Waals surface area contributed by atoms with Crippen LogP contribution in [0.2, 0.25) is 0 Å². The minimum atomic E-state index is 0. The number of nitrogens with one attached hydrogen (secondary N) is 2. The van der Waals surface area contributed by atoms with E-state index in [0.717, 1.165) is 32.0 Å². The highest BCUT2D eigenvalue weighted by Gasteiger charge is 2.29. The number of aromatic nitrogens is 2. The quantitative estimate of drug-likeness (QED) is 0.307. The van der Waals surface area contributed by atoms with Crippen molar-refractivity contribution in [2.24, 2.45) is 12.0 Å². The summed E-state index contributed by atoms with van der Waals surface area (Å²) in [6.07, 6.45) is 5.12.